The van der Waals surface area contributed by atoms with Gasteiger partial charge in [-0.25, -0.2) is 0 Å². The van der Waals surface area contributed by atoms with Gasteiger partial charge < -0.3 is 0 Å². The van der Waals surface area contributed by atoms with Gasteiger partial charge in [0, 0.05) is 58.6 Å². The second-order valence-electron chi connectivity index (χ2n) is 3.49. The Hall–Kier alpha value is 0.908. The molecule has 0 atom stereocenters. The Morgan fingerprint density at radius 3 is 1.56 bits per heavy atom. The van der Waals surface area contributed by atoms with E-state index in [4.69, 9.17) is 0 Å². The zero-order chi connectivity index (χ0) is 9.97. The molecule has 0 aliphatic carbocycles. The predicted molar refractivity (Wildman–Crippen MR) is 62.0 cm³/mol. The molecule has 0 unspecified atom stereocenters. The first-order chi connectivity index (χ1) is 6.75. The summed E-state index contributed by atoms with van der Waals surface area (Å²) in [6.45, 7) is 2.11. The van der Waals surface area contributed by atoms with Crippen molar-refractivity contribution in [3.8, 4) is 11.1 Å². The summed E-state index contributed by atoms with van der Waals surface area (Å²) in [6, 6.07) is 17.1. The van der Waals surface area contributed by atoms with Gasteiger partial charge in [-0.1, -0.05) is 54.1 Å². The van der Waals surface area contributed by atoms with Crippen molar-refractivity contribution in [2.24, 2.45) is 0 Å². The smallest absolute Gasteiger partial charge is 0.139 e. The molecule has 3 heteroatoms. The first kappa shape index (κ1) is 16.9. The Morgan fingerprint density at radius 2 is 1.12 bits per heavy atom. The Kier molecular flexibility index (Phi) is 8.55. The van der Waals surface area contributed by atoms with Crippen molar-refractivity contribution in [1.82, 2.24) is 0 Å². The number of benzene rings is 2. The summed E-state index contributed by atoms with van der Waals surface area (Å²) in [5, 5.41) is 0. The second-order valence-corrected chi connectivity index (χ2v) is 4.15. The van der Waals surface area contributed by atoms with Gasteiger partial charge in [-0.2, -0.15) is 0 Å². The minimum atomic E-state index is 0. The molecule has 2 aromatic carbocycles. The summed E-state index contributed by atoms with van der Waals surface area (Å²) in [4.78, 5) is 0. The maximum Gasteiger partial charge on any atom is 0.175 e. The van der Waals surface area contributed by atoms with Gasteiger partial charge in [0.25, 0.3) is 0 Å². The molecule has 0 aromatic heterocycles. The average Bonchev–Trinajstić information content (AvgIpc) is 2.21. The molecule has 2 rings (SSSR count). The fourth-order valence-electron chi connectivity index (χ4n) is 1.42. The fraction of sp³-hybridized carbons (Fsp3) is 0.0769. The monoisotopic (exact) mass is 545 g/mol. The molecule has 0 N–H and O–H groups in total. The summed E-state index contributed by atoms with van der Waals surface area (Å²) < 4.78 is 1.22. The molecule has 83 valence electrons. The molecular formula is C13H11AlDyRe. The number of rotatable bonds is 1. The van der Waals surface area contributed by atoms with Gasteiger partial charge in [0.05, 0.1) is 0 Å². The fourth-order valence-corrected chi connectivity index (χ4v) is 1.61. The third-order valence-electron chi connectivity index (χ3n) is 2.30. The molecule has 0 amide bonds. The van der Waals surface area contributed by atoms with Crippen molar-refractivity contribution in [3.63, 3.8) is 0 Å². The molecule has 0 fully saturated rings. The Balaban J connectivity index is 0.00000112. The van der Waals surface area contributed by atoms with Crippen LogP contribution in [-0.4, -0.2) is 16.3 Å². The van der Waals surface area contributed by atoms with Gasteiger partial charge in [-0.3, -0.25) is 0 Å². The minimum absolute atomic E-state index is 0. The van der Waals surface area contributed by atoms with E-state index in [0.717, 1.165) is 0 Å². The molecular weight excluding hydrogens is 532 g/mol. The minimum Gasteiger partial charge on any atom is -0.139 e. The average molecular weight is 543 g/mol. The van der Waals surface area contributed by atoms with Crippen molar-refractivity contribution >= 4 is 20.7 Å². The van der Waals surface area contributed by atoms with E-state index in [2.05, 4.69) is 71.7 Å². The van der Waals surface area contributed by atoms with Crippen LogP contribution < -0.4 is 4.43 Å². The van der Waals surface area contributed by atoms with E-state index in [-0.39, 0.29) is 58.6 Å². The van der Waals surface area contributed by atoms with Crippen LogP contribution in [0.1, 0.15) is 5.56 Å². The standard InChI is InChI=1S/C13H11.Al.Dy.Re/c1-11-7-9-13(10-8-11)12-5-3-2-4-6-12;;;/h3-10H,1H3;;;. The normalized spacial score (nSPS) is 8.81. The third-order valence-corrected chi connectivity index (χ3v) is 2.68. The summed E-state index contributed by atoms with van der Waals surface area (Å²) in [6.07, 6.45) is 0. The number of hydrogen-bond acceptors (Lipinski definition) is 0. The van der Waals surface area contributed by atoms with Crippen LogP contribution in [0.2, 0.25) is 0 Å². The van der Waals surface area contributed by atoms with Crippen molar-refractivity contribution in [2.45, 2.75) is 6.92 Å². The zero-order valence-electron chi connectivity index (χ0n) is 8.89. The summed E-state index contributed by atoms with van der Waals surface area (Å²) in [5.41, 5.74) is 3.85. The maximum absolute atomic E-state index is 2.70. The molecule has 0 aliphatic heterocycles. The summed E-state index contributed by atoms with van der Waals surface area (Å²) in [5.74, 6) is 0. The molecule has 0 heterocycles. The van der Waals surface area contributed by atoms with Crippen molar-refractivity contribution in [3.05, 3.63) is 54.1 Å². The Labute approximate surface area is 149 Å². The summed E-state index contributed by atoms with van der Waals surface area (Å²) in [7, 11) is 0. The van der Waals surface area contributed by atoms with E-state index in [1.807, 2.05) is 0 Å². The topological polar surface area (TPSA) is 0 Å². The molecule has 0 aliphatic rings. The largest absolute Gasteiger partial charge is 0.175 e. The Bertz CT molecular complexity index is 379. The predicted octanol–water partition coefficient (Wildman–Crippen LogP) is 2.45. The molecule has 16 heavy (non-hydrogen) atoms. The molecule has 0 saturated carbocycles. The van der Waals surface area contributed by atoms with Gasteiger partial charge in [0.2, 0.25) is 0 Å². The molecule has 3 radical (unpaired) electrons. The van der Waals surface area contributed by atoms with E-state index in [0.29, 0.717) is 0 Å². The van der Waals surface area contributed by atoms with Crippen LogP contribution in [0.15, 0.2) is 48.5 Å². The first-order valence-corrected chi connectivity index (χ1v) is 5.26. The summed E-state index contributed by atoms with van der Waals surface area (Å²) >= 11 is 2.70. The van der Waals surface area contributed by atoms with Crippen molar-refractivity contribution in [2.75, 3.05) is 0 Å². The van der Waals surface area contributed by atoms with Crippen LogP contribution >= 0.6 is 0 Å². The molecule has 0 bridgehead atoms. The van der Waals surface area contributed by atoms with E-state index >= 15 is 0 Å². The van der Waals surface area contributed by atoms with Gasteiger partial charge in [-0.15, -0.1) is 4.43 Å². The van der Waals surface area contributed by atoms with E-state index in [1.165, 1.54) is 21.1 Å². The van der Waals surface area contributed by atoms with Crippen molar-refractivity contribution < 1.29 is 58.6 Å². The van der Waals surface area contributed by atoms with Crippen LogP contribution in [0, 0.1) is 45.1 Å². The molecule has 0 nitrogen and oxygen atoms in total. The van der Waals surface area contributed by atoms with Gasteiger partial charge >= 0.3 is 0 Å². The number of aryl methyl sites for hydroxylation is 1. The van der Waals surface area contributed by atoms with Gasteiger partial charge in [-0.05, 0) is 18.1 Å². The van der Waals surface area contributed by atoms with Crippen LogP contribution in [0.25, 0.3) is 11.1 Å². The first-order valence-electron chi connectivity index (χ1n) is 4.68. The third kappa shape index (κ3) is 4.65. The zero-order valence-corrected chi connectivity index (χ0v) is 14.8. The van der Waals surface area contributed by atoms with Gasteiger partial charge in [0.15, 0.2) is 16.3 Å². The number of hydrogen-bond donors (Lipinski definition) is 0. The van der Waals surface area contributed by atoms with E-state index < -0.39 is 0 Å². The van der Waals surface area contributed by atoms with E-state index in [1.54, 1.807) is 0 Å². The Morgan fingerprint density at radius 1 is 0.750 bits per heavy atom. The van der Waals surface area contributed by atoms with Gasteiger partial charge in [0.1, 0.15) is 0 Å². The van der Waals surface area contributed by atoms with Crippen LogP contribution in [-0.2, 0) is 20.4 Å². The second kappa shape index (κ2) is 8.09. The van der Waals surface area contributed by atoms with Crippen LogP contribution in [0.4, 0.5) is 0 Å². The SMILES string of the molecule is Cc1ccc(-c2cc[c]([Al])cc2)cc1.[Dy].[Re]. The van der Waals surface area contributed by atoms with E-state index in [9.17, 15) is 0 Å². The maximum atomic E-state index is 2.70. The molecule has 0 spiro atoms. The van der Waals surface area contributed by atoms with Crippen molar-refractivity contribution in [1.29, 1.82) is 0 Å². The van der Waals surface area contributed by atoms with Crippen LogP contribution in [0.3, 0.4) is 0 Å². The quantitative estimate of drug-likeness (QED) is 0.486. The molecule has 0 saturated heterocycles. The molecule has 2 aromatic rings. The van der Waals surface area contributed by atoms with Crippen LogP contribution in [0.5, 0.6) is 0 Å².